The summed E-state index contributed by atoms with van der Waals surface area (Å²) in [7, 11) is -2.35. The van der Waals surface area contributed by atoms with Crippen molar-refractivity contribution in [2.45, 2.75) is 11.5 Å². The molecule has 0 fully saturated rings. The zero-order valence-electron chi connectivity index (χ0n) is 21.8. The van der Waals surface area contributed by atoms with E-state index in [1.165, 1.54) is 15.3 Å². The molecule has 4 aromatic heterocycles. The lowest BCUT2D eigenvalue weighted by molar-refractivity contribution is 0.0478. The molecule has 0 saturated carbocycles. The Labute approximate surface area is 240 Å². The van der Waals surface area contributed by atoms with Crippen molar-refractivity contribution in [2.75, 3.05) is 7.11 Å². The van der Waals surface area contributed by atoms with Crippen LogP contribution in [0.25, 0.3) is 32.6 Å². The van der Waals surface area contributed by atoms with Crippen molar-refractivity contribution in [3.63, 3.8) is 0 Å². The van der Waals surface area contributed by atoms with Gasteiger partial charge in [-0.15, -0.1) is 11.3 Å². The molecule has 0 bridgehead atoms. The summed E-state index contributed by atoms with van der Waals surface area (Å²) in [5.41, 5.74) is 3.20. The van der Waals surface area contributed by atoms with E-state index in [1.54, 1.807) is 86.5 Å². The highest BCUT2D eigenvalue weighted by Gasteiger charge is 2.26. The number of carbonyl (C=O) groups excluding carboxylic acids is 1. The number of benzene rings is 2. The number of hydrogen-bond acceptors (Lipinski definition) is 8. The molecule has 0 radical (unpaired) electrons. The number of fused-ring (bicyclic) bond motifs is 1. The maximum absolute atomic E-state index is 13.7. The van der Waals surface area contributed by atoms with E-state index >= 15 is 0 Å². The first-order chi connectivity index (χ1) is 20.0. The van der Waals surface area contributed by atoms with Gasteiger partial charge >= 0.3 is 5.97 Å². The third kappa shape index (κ3) is 5.10. The summed E-state index contributed by atoms with van der Waals surface area (Å²) in [6, 6.07) is 24.5. The molecule has 0 saturated heterocycles. The minimum absolute atomic E-state index is 0.0941. The molecule has 0 N–H and O–H groups in total. The Morgan fingerprint density at radius 3 is 2.44 bits per heavy atom. The second kappa shape index (κ2) is 11.0. The predicted molar refractivity (Wildman–Crippen MR) is 157 cm³/mol. The number of ether oxygens (including phenoxy) is 2. The fraction of sp³-hybridized carbons (Fsp3) is 0.0645. The zero-order chi connectivity index (χ0) is 28.4. The van der Waals surface area contributed by atoms with Crippen LogP contribution in [0, 0.1) is 0 Å². The van der Waals surface area contributed by atoms with E-state index in [2.05, 4.69) is 9.97 Å². The van der Waals surface area contributed by atoms with Gasteiger partial charge in [0.15, 0.2) is 5.65 Å². The van der Waals surface area contributed by atoms with Gasteiger partial charge in [0.1, 0.15) is 17.2 Å². The SMILES string of the molecule is COc1ccc(COC(=O)c2cc(-c3cn(S(=O)(=O)c4ccccc4)c4ncccc34)c(-c3cccnc3)s2)cc1. The Balaban J connectivity index is 1.44. The highest BCUT2D eigenvalue weighted by Crippen LogP contribution is 2.43. The molecule has 6 rings (SSSR count). The van der Waals surface area contributed by atoms with Crippen molar-refractivity contribution < 1.29 is 22.7 Å². The lowest BCUT2D eigenvalue weighted by Crippen LogP contribution is -2.12. The molecule has 6 aromatic rings. The molecule has 0 aliphatic carbocycles. The van der Waals surface area contributed by atoms with Crippen LogP contribution in [0.2, 0.25) is 0 Å². The average molecular weight is 582 g/mol. The topological polar surface area (TPSA) is 100 Å². The molecule has 204 valence electrons. The number of methoxy groups -OCH3 is 1. The van der Waals surface area contributed by atoms with E-state index < -0.39 is 16.0 Å². The van der Waals surface area contributed by atoms with E-state index in [-0.39, 0.29) is 11.5 Å². The first-order valence-corrected chi connectivity index (χ1v) is 14.8. The van der Waals surface area contributed by atoms with Crippen LogP contribution in [-0.2, 0) is 21.4 Å². The summed E-state index contributed by atoms with van der Waals surface area (Å²) >= 11 is 1.26. The molecular formula is C31H23N3O5S2. The molecule has 2 aromatic carbocycles. The van der Waals surface area contributed by atoms with Gasteiger partial charge in [-0.25, -0.2) is 22.2 Å². The van der Waals surface area contributed by atoms with Crippen molar-refractivity contribution in [3.8, 4) is 27.3 Å². The van der Waals surface area contributed by atoms with Gasteiger partial charge < -0.3 is 9.47 Å². The minimum Gasteiger partial charge on any atom is -0.497 e. The molecule has 0 amide bonds. The quantitative estimate of drug-likeness (QED) is 0.191. The number of nitrogens with zero attached hydrogens (tertiary/aromatic N) is 3. The van der Waals surface area contributed by atoms with E-state index in [1.807, 2.05) is 30.3 Å². The number of carbonyl (C=O) groups is 1. The minimum atomic E-state index is -3.94. The van der Waals surface area contributed by atoms with E-state index in [9.17, 15) is 13.2 Å². The van der Waals surface area contributed by atoms with Gasteiger partial charge in [-0.2, -0.15) is 0 Å². The largest absolute Gasteiger partial charge is 0.497 e. The first kappa shape index (κ1) is 26.4. The third-order valence-electron chi connectivity index (χ3n) is 6.51. The van der Waals surface area contributed by atoms with Crippen LogP contribution in [0.5, 0.6) is 5.75 Å². The smallest absolute Gasteiger partial charge is 0.348 e. The Bertz CT molecular complexity index is 1950. The number of hydrogen-bond donors (Lipinski definition) is 0. The number of thiophene rings is 1. The molecule has 0 aliphatic heterocycles. The lowest BCUT2D eigenvalue weighted by Gasteiger charge is -2.06. The highest BCUT2D eigenvalue weighted by atomic mass is 32.2. The van der Waals surface area contributed by atoms with Crippen molar-refractivity contribution in [1.29, 1.82) is 0 Å². The Morgan fingerprint density at radius 2 is 1.71 bits per heavy atom. The predicted octanol–water partition coefficient (Wildman–Crippen LogP) is 6.43. The Kier molecular flexibility index (Phi) is 7.08. The van der Waals surface area contributed by atoms with Crippen LogP contribution in [0.3, 0.4) is 0 Å². The fourth-order valence-corrected chi connectivity index (χ4v) is 6.88. The summed E-state index contributed by atoms with van der Waals surface area (Å²) in [6.45, 7) is 0.0941. The summed E-state index contributed by atoms with van der Waals surface area (Å²) in [6.07, 6.45) is 6.50. The van der Waals surface area contributed by atoms with Crippen molar-refractivity contribution in [3.05, 3.63) is 120 Å². The monoisotopic (exact) mass is 581 g/mol. The van der Waals surface area contributed by atoms with Crippen LogP contribution in [0.4, 0.5) is 0 Å². The van der Waals surface area contributed by atoms with E-state index in [0.29, 0.717) is 32.8 Å². The Hall–Kier alpha value is -4.80. The van der Waals surface area contributed by atoms with Crippen LogP contribution in [-0.4, -0.2) is 35.4 Å². The molecule has 10 heteroatoms. The summed E-state index contributed by atoms with van der Waals surface area (Å²) < 4.78 is 39.3. The van der Waals surface area contributed by atoms with Crippen molar-refractivity contribution in [2.24, 2.45) is 0 Å². The lowest BCUT2D eigenvalue weighted by atomic mass is 10.0. The molecule has 0 unspecified atom stereocenters. The average Bonchev–Trinajstić information content (AvgIpc) is 3.64. The molecule has 0 spiro atoms. The van der Waals surface area contributed by atoms with Gasteiger partial charge in [-0.05, 0) is 54.1 Å². The summed E-state index contributed by atoms with van der Waals surface area (Å²) in [5.74, 6) is 0.230. The van der Waals surface area contributed by atoms with Gasteiger partial charge in [0.25, 0.3) is 10.0 Å². The third-order valence-corrected chi connectivity index (χ3v) is 9.34. The Morgan fingerprint density at radius 1 is 0.927 bits per heavy atom. The van der Waals surface area contributed by atoms with Crippen LogP contribution < -0.4 is 4.74 Å². The van der Waals surface area contributed by atoms with Crippen LogP contribution >= 0.6 is 11.3 Å². The maximum Gasteiger partial charge on any atom is 0.348 e. The van der Waals surface area contributed by atoms with Crippen molar-refractivity contribution >= 4 is 38.4 Å². The standard InChI is InChI=1S/C31H23N3O5S2/c1-38-23-13-11-21(12-14-23)20-39-31(35)28-17-26(29(40-28)22-7-5-15-32-18-22)27-19-34(30-25(27)10-6-16-33-30)41(36,37)24-8-3-2-4-9-24/h2-19H,20H2,1H3. The highest BCUT2D eigenvalue weighted by molar-refractivity contribution is 7.90. The number of rotatable bonds is 8. The fourth-order valence-electron chi connectivity index (χ4n) is 4.48. The van der Waals surface area contributed by atoms with Gasteiger partial charge in [0.2, 0.25) is 0 Å². The van der Waals surface area contributed by atoms with Crippen molar-refractivity contribution in [1.82, 2.24) is 13.9 Å². The van der Waals surface area contributed by atoms with E-state index in [0.717, 1.165) is 16.0 Å². The normalized spacial score (nSPS) is 11.4. The molecule has 0 atom stereocenters. The number of esters is 1. The van der Waals surface area contributed by atoms with Gasteiger partial charge in [0.05, 0.1) is 12.0 Å². The summed E-state index contributed by atoms with van der Waals surface area (Å²) in [4.78, 5) is 23.2. The second-order valence-corrected chi connectivity index (χ2v) is 11.9. The van der Waals surface area contributed by atoms with Gasteiger partial charge in [-0.3, -0.25) is 4.98 Å². The number of pyridine rings is 2. The maximum atomic E-state index is 13.7. The zero-order valence-corrected chi connectivity index (χ0v) is 23.4. The molecule has 4 heterocycles. The molecular weight excluding hydrogens is 558 g/mol. The van der Waals surface area contributed by atoms with Crippen LogP contribution in [0.1, 0.15) is 15.2 Å². The molecule has 0 aliphatic rings. The van der Waals surface area contributed by atoms with Gasteiger partial charge in [-0.1, -0.05) is 36.4 Å². The summed E-state index contributed by atoms with van der Waals surface area (Å²) in [5, 5.41) is 0.632. The number of aromatic nitrogens is 3. The molecule has 41 heavy (non-hydrogen) atoms. The first-order valence-electron chi connectivity index (χ1n) is 12.6. The van der Waals surface area contributed by atoms with Gasteiger partial charge in [0, 0.05) is 51.7 Å². The molecule has 8 nitrogen and oxygen atoms in total. The second-order valence-electron chi connectivity index (χ2n) is 9.05. The van der Waals surface area contributed by atoms with E-state index in [4.69, 9.17) is 9.47 Å². The van der Waals surface area contributed by atoms with Crippen LogP contribution in [0.15, 0.2) is 115 Å².